The minimum absolute atomic E-state index is 0.289. The fourth-order valence-electron chi connectivity index (χ4n) is 0.298. The molecular formula is C7H16O2. The molecule has 0 aliphatic rings. The molecule has 0 aromatic rings. The minimum atomic E-state index is -1.21. The highest BCUT2D eigenvalue weighted by molar-refractivity contribution is 4.73. The normalized spacial score (nSPS) is 13.3. The van der Waals surface area contributed by atoms with Crippen LogP contribution in [0.5, 0.6) is 0 Å². The van der Waals surface area contributed by atoms with E-state index < -0.39 is 6.29 Å². The summed E-state index contributed by atoms with van der Waals surface area (Å²) in [6, 6.07) is 0. The third kappa shape index (κ3) is 1.95. The van der Waals surface area contributed by atoms with Crippen molar-refractivity contribution in [2.24, 2.45) is 11.3 Å². The maximum Gasteiger partial charge on any atom is 0.156 e. The zero-order valence-electron chi connectivity index (χ0n) is 6.55. The van der Waals surface area contributed by atoms with Crippen LogP contribution in [0.25, 0.3) is 0 Å². The third-order valence-corrected chi connectivity index (χ3v) is 2.15. The Morgan fingerprint density at radius 2 is 1.44 bits per heavy atom. The average molecular weight is 132 g/mol. The van der Waals surface area contributed by atoms with Gasteiger partial charge in [-0.3, -0.25) is 0 Å². The van der Waals surface area contributed by atoms with E-state index >= 15 is 0 Å². The number of hydrogen-bond acceptors (Lipinski definition) is 2. The van der Waals surface area contributed by atoms with Crippen LogP contribution in [0.15, 0.2) is 0 Å². The zero-order valence-corrected chi connectivity index (χ0v) is 6.55. The van der Waals surface area contributed by atoms with E-state index in [1.54, 1.807) is 0 Å². The summed E-state index contributed by atoms with van der Waals surface area (Å²) >= 11 is 0. The molecule has 0 saturated heterocycles. The van der Waals surface area contributed by atoms with Gasteiger partial charge in [0.05, 0.1) is 0 Å². The maximum absolute atomic E-state index is 8.81. The Morgan fingerprint density at radius 3 is 1.44 bits per heavy atom. The molecule has 9 heavy (non-hydrogen) atoms. The molecule has 0 aromatic heterocycles. The quantitative estimate of drug-likeness (QED) is 0.550. The number of hydrogen-bond donors (Lipinski definition) is 2. The lowest BCUT2D eigenvalue weighted by Crippen LogP contribution is -2.33. The Kier molecular flexibility index (Phi) is 2.65. The van der Waals surface area contributed by atoms with Gasteiger partial charge in [-0.1, -0.05) is 27.7 Å². The summed E-state index contributed by atoms with van der Waals surface area (Å²) in [5.74, 6) is 0.289. The monoisotopic (exact) mass is 132 g/mol. The predicted octanol–water partition coefficient (Wildman–Crippen LogP) is 0.979. The minimum Gasteiger partial charge on any atom is -0.368 e. The fourth-order valence-corrected chi connectivity index (χ4v) is 0.298. The van der Waals surface area contributed by atoms with Crippen LogP contribution in [0.3, 0.4) is 0 Å². The van der Waals surface area contributed by atoms with Crippen molar-refractivity contribution in [3.8, 4) is 0 Å². The van der Waals surface area contributed by atoms with E-state index in [1.165, 1.54) is 0 Å². The molecule has 0 bridgehead atoms. The second kappa shape index (κ2) is 2.67. The smallest absolute Gasteiger partial charge is 0.156 e. The molecule has 2 heteroatoms. The molecule has 0 rings (SSSR count). The largest absolute Gasteiger partial charge is 0.368 e. The third-order valence-electron chi connectivity index (χ3n) is 2.15. The first-order valence-electron chi connectivity index (χ1n) is 3.25. The Labute approximate surface area is 56.5 Å². The lowest BCUT2D eigenvalue weighted by atomic mass is 9.81. The van der Waals surface area contributed by atoms with Crippen LogP contribution in [-0.2, 0) is 0 Å². The van der Waals surface area contributed by atoms with Gasteiger partial charge in [-0.15, -0.1) is 0 Å². The van der Waals surface area contributed by atoms with Gasteiger partial charge in [0.15, 0.2) is 6.29 Å². The van der Waals surface area contributed by atoms with Crippen molar-refractivity contribution in [1.82, 2.24) is 0 Å². The second-order valence-electron chi connectivity index (χ2n) is 3.35. The molecule has 0 aliphatic heterocycles. The van der Waals surface area contributed by atoms with Crippen molar-refractivity contribution in [1.29, 1.82) is 0 Å². The van der Waals surface area contributed by atoms with E-state index in [4.69, 9.17) is 10.2 Å². The van der Waals surface area contributed by atoms with E-state index in [-0.39, 0.29) is 11.3 Å². The highest BCUT2D eigenvalue weighted by atomic mass is 16.5. The highest BCUT2D eigenvalue weighted by Gasteiger charge is 2.29. The van der Waals surface area contributed by atoms with E-state index in [0.717, 1.165) is 0 Å². The Balaban J connectivity index is 4.01. The Hall–Kier alpha value is -0.0800. The molecule has 0 unspecified atom stereocenters. The second-order valence-corrected chi connectivity index (χ2v) is 3.35. The zero-order chi connectivity index (χ0) is 7.65. The van der Waals surface area contributed by atoms with Crippen LogP contribution < -0.4 is 0 Å². The molecule has 0 radical (unpaired) electrons. The molecule has 0 fully saturated rings. The van der Waals surface area contributed by atoms with Gasteiger partial charge in [-0.25, -0.2) is 0 Å². The van der Waals surface area contributed by atoms with Gasteiger partial charge in [-0.05, 0) is 5.92 Å². The molecular weight excluding hydrogens is 116 g/mol. The van der Waals surface area contributed by atoms with E-state index in [0.29, 0.717) is 0 Å². The van der Waals surface area contributed by atoms with Crippen molar-refractivity contribution < 1.29 is 10.2 Å². The molecule has 0 aromatic carbocycles. The first-order valence-corrected chi connectivity index (χ1v) is 3.25. The molecule has 0 aliphatic carbocycles. The fraction of sp³-hybridized carbons (Fsp3) is 1.00. The SMILES string of the molecule is CC(C)C(C)(C)C(O)O. The summed E-state index contributed by atoms with van der Waals surface area (Å²) in [5.41, 5.74) is -0.389. The van der Waals surface area contributed by atoms with Gasteiger partial charge < -0.3 is 10.2 Å². The average Bonchev–Trinajstić information content (AvgIpc) is 1.65. The van der Waals surface area contributed by atoms with Gasteiger partial charge in [0.1, 0.15) is 0 Å². The first kappa shape index (κ1) is 8.92. The summed E-state index contributed by atoms with van der Waals surface area (Å²) in [4.78, 5) is 0. The van der Waals surface area contributed by atoms with Gasteiger partial charge in [0.25, 0.3) is 0 Å². The van der Waals surface area contributed by atoms with Crippen molar-refractivity contribution in [2.45, 2.75) is 34.0 Å². The first-order chi connectivity index (χ1) is 3.89. The Morgan fingerprint density at radius 1 is 1.11 bits per heavy atom. The van der Waals surface area contributed by atoms with E-state index in [9.17, 15) is 0 Å². The van der Waals surface area contributed by atoms with Gasteiger partial charge >= 0.3 is 0 Å². The summed E-state index contributed by atoms with van der Waals surface area (Å²) < 4.78 is 0. The lowest BCUT2D eigenvalue weighted by molar-refractivity contribution is -0.137. The molecule has 0 atom stereocenters. The molecule has 0 saturated carbocycles. The summed E-state index contributed by atoms with van der Waals surface area (Å²) in [6.07, 6.45) is -1.21. The standard InChI is InChI=1S/C7H16O2/c1-5(2)7(3,4)6(8)9/h5-6,8-9H,1-4H3. The van der Waals surface area contributed by atoms with Crippen molar-refractivity contribution in [3.05, 3.63) is 0 Å². The molecule has 0 heterocycles. The van der Waals surface area contributed by atoms with Crippen LogP contribution in [0.2, 0.25) is 0 Å². The summed E-state index contributed by atoms with van der Waals surface area (Å²) in [7, 11) is 0. The van der Waals surface area contributed by atoms with Crippen molar-refractivity contribution in [2.75, 3.05) is 0 Å². The van der Waals surface area contributed by atoms with Gasteiger partial charge in [0.2, 0.25) is 0 Å². The molecule has 2 N–H and O–H groups in total. The lowest BCUT2D eigenvalue weighted by Gasteiger charge is -2.30. The topological polar surface area (TPSA) is 40.5 Å². The van der Waals surface area contributed by atoms with Gasteiger partial charge in [-0.2, -0.15) is 0 Å². The molecule has 2 nitrogen and oxygen atoms in total. The Bertz CT molecular complexity index is 74.9. The maximum atomic E-state index is 8.81. The molecule has 0 amide bonds. The van der Waals surface area contributed by atoms with E-state index in [1.807, 2.05) is 27.7 Å². The van der Waals surface area contributed by atoms with Crippen LogP contribution in [0.4, 0.5) is 0 Å². The molecule has 56 valence electrons. The van der Waals surface area contributed by atoms with Crippen molar-refractivity contribution >= 4 is 0 Å². The van der Waals surface area contributed by atoms with Crippen LogP contribution in [0.1, 0.15) is 27.7 Å². The van der Waals surface area contributed by atoms with E-state index in [2.05, 4.69) is 0 Å². The number of aliphatic hydroxyl groups excluding tert-OH is 1. The van der Waals surface area contributed by atoms with Crippen LogP contribution in [-0.4, -0.2) is 16.5 Å². The van der Waals surface area contributed by atoms with Crippen LogP contribution >= 0.6 is 0 Å². The number of rotatable bonds is 2. The molecule has 0 spiro atoms. The summed E-state index contributed by atoms with van der Waals surface area (Å²) in [5, 5.41) is 17.6. The van der Waals surface area contributed by atoms with Gasteiger partial charge in [0, 0.05) is 5.41 Å². The number of aliphatic hydroxyl groups is 2. The van der Waals surface area contributed by atoms with Crippen molar-refractivity contribution in [3.63, 3.8) is 0 Å². The van der Waals surface area contributed by atoms with Crippen LogP contribution in [0, 0.1) is 11.3 Å². The predicted molar refractivity (Wildman–Crippen MR) is 36.8 cm³/mol. The highest BCUT2D eigenvalue weighted by Crippen LogP contribution is 2.28. The summed E-state index contributed by atoms with van der Waals surface area (Å²) in [6.45, 7) is 7.61.